The number of aryl methyl sites for hydroxylation is 1. The molecule has 1 aliphatic rings. The number of piperidine rings is 1. The number of carbonyl (C=O) groups is 2. The molecule has 172 valence electrons. The van der Waals surface area contributed by atoms with Crippen molar-refractivity contribution in [3.63, 3.8) is 0 Å². The van der Waals surface area contributed by atoms with Gasteiger partial charge in [0.05, 0.1) is 4.90 Å². The van der Waals surface area contributed by atoms with Gasteiger partial charge in [-0.3, -0.25) is 9.59 Å². The van der Waals surface area contributed by atoms with E-state index in [4.69, 9.17) is 0 Å². The number of nitrogens with zero attached hydrogens (tertiary/aromatic N) is 3. The van der Waals surface area contributed by atoms with Gasteiger partial charge in [-0.15, -0.1) is 10.2 Å². The van der Waals surface area contributed by atoms with Gasteiger partial charge in [-0.1, -0.05) is 41.2 Å². The number of sulfonamides is 1. The third-order valence-electron chi connectivity index (χ3n) is 5.58. The monoisotopic (exact) mass is 484 g/mol. The minimum Gasteiger partial charge on any atom is -0.320 e. The van der Waals surface area contributed by atoms with E-state index in [-0.39, 0.29) is 34.1 Å². The molecule has 4 rings (SSSR count). The molecule has 1 fully saturated rings. The molecule has 1 aliphatic heterocycles. The number of hydrogen-bond acceptors (Lipinski definition) is 7. The first kappa shape index (κ1) is 23.2. The number of benzene rings is 2. The predicted octanol–water partition coefficient (Wildman–Crippen LogP) is 3.87. The zero-order valence-electron chi connectivity index (χ0n) is 18.3. The first-order chi connectivity index (χ1) is 15.7. The molecule has 2 heterocycles. The standard InChI is InChI=1S/C23H24N4O4S2/c1-15-5-9-19(10-6-15)24-21(29)23-26-25-22(32-23)18-4-3-13-27(14-18)33(30,31)20-11-7-17(8-12-20)16(2)28/h5-12,18H,3-4,13-14H2,1-2H3,(H,24,29)/t18-/m1/s1. The molecule has 0 bridgehead atoms. The number of carbonyl (C=O) groups excluding carboxylic acids is 2. The fourth-order valence-corrected chi connectivity index (χ4v) is 6.07. The van der Waals surface area contributed by atoms with Crippen LogP contribution in [0.15, 0.2) is 53.4 Å². The third kappa shape index (κ3) is 5.18. The summed E-state index contributed by atoms with van der Waals surface area (Å²) in [6, 6.07) is 13.4. The van der Waals surface area contributed by atoms with E-state index < -0.39 is 10.0 Å². The average molecular weight is 485 g/mol. The summed E-state index contributed by atoms with van der Waals surface area (Å²) in [4.78, 5) is 24.2. The van der Waals surface area contributed by atoms with E-state index in [1.165, 1.54) is 46.8 Å². The largest absolute Gasteiger partial charge is 0.320 e. The number of hydrogen-bond donors (Lipinski definition) is 1. The lowest BCUT2D eigenvalue weighted by Crippen LogP contribution is -2.39. The number of amides is 1. The molecule has 0 aliphatic carbocycles. The Morgan fingerprint density at radius 2 is 1.76 bits per heavy atom. The van der Waals surface area contributed by atoms with Crippen LogP contribution in [0.2, 0.25) is 0 Å². The zero-order valence-corrected chi connectivity index (χ0v) is 19.9. The van der Waals surface area contributed by atoms with Crippen molar-refractivity contribution in [2.75, 3.05) is 18.4 Å². The summed E-state index contributed by atoms with van der Waals surface area (Å²) in [7, 11) is -3.70. The lowest BCUT2D eigenvalue weighted by atomic mass is 10.0. The first-order valence-electron chi connectivity index (χ1n) is 10.6. The quantitative estimate of drug-likeness (QED) is 0.532. The Balaban J connectivity index is 1.46. The van der Waals surface area contributed by atoms with Crippen molar-refractivity contribution in [1.82, 2.24) is 14.5 Å². The summed E-state index contributed by atoms with van der Waals surface area (Å²) in [5, 5.41) is 11.9. The number of nitrogens with one attached hydrogen (secondary N) is 1. The van der Waals surface area contributed by atoms with E-state index in [0.29, 0.717) is 29.2 Å². The van der Waals surface area contributed by atoms with Crippen molar-refractivity contribution in [3.05, 3.63) is 69.7 Å². The highest BCUT2D eigenvalue weighted by atomic mass is 32.2. The second-order valence-electron chi connectivity index (χ2n) is 8.05. The van der Waals surface area contributed by atoms with Gasteiger partial charge in [-0.25, -0.2) is 8.42 Å². The fourth-order valence-electron chi connectivity index (χ4n) is 3.69. The lowest BCUT2D eigenvalue weighted by Gasteiger charge is -2.30. The van der Waals surface area contributed by atoms with E-state index in [1.807, 2.05) is 31.2 Å². The Labute approximate surface area is 196 Å². The molecule has 8 nitrogen and oxygen atoms in total. The topological polar surface area (TPSA) is 109 Å². The van der Waals surface area contributed by atoms with Crippen molar-refractivity contribution in [2.24, 2.45) is 0 Å². The van der Waals surface area contributed by atoms with Crippen LogP contribution in [0.5, 0.6) is 0 Å². The molecule has 2 aromatic carbocycles. The van der Waals surface area contributed by atoms with Gasteiger partial charge < -0.3 is 5.32 Å². The van der Waals surface area contributed by atoms with Crippen molar-refractivity contribution in [3.8, 4) is 0 Å². The second-order valence-corrected chi connectivity index (χ2v) is 11.0. The summed E-state index contributed by atoms with van der Waals surface area (Å²) in [6.07, 6.45) is 1.45. The Kier molecular flexibility index (Phi) is 6.68. The van der Waals surface area contributed by atoms with Gasteiger partial charge >= 0.3 is 0 Å². The van der Waals surface area contributed by atoms with Crippen LogP contribution in [0, 0.1) is 6.92 Å². The minimum absolute atomic E-state index is 0.115. The van der Waals surface area contributed by atoms with E-state index >= 15 is 0 Å². The highest BCUT2D eigenvalue weighted by Crippen LogP contribution is 2.32. The normalized spacial score (nSPS) is 17.0. The van der Waals surface area contributed by atoms with Gasteiger partial charge in [0.25, 0.3) is 5.91 Å². The summed E-state index contributed by atoms with van der Waals surface area (Å²) in [6.45, 7) is 4.09. The molecule has 1 N–H and O–H groups in total. The van der Waals surface area contributed by atoms with Crippen LogP contribution in [-0.4, -0.2) is 47.7 Å². The molecule has 3 aromatic rings. The zero-order chi connectivity index (χ0) is 23.6. The molecule has 0 unspecified atom stereocenters. The minimum atomic E-state index is -3.70. The van der Waals surface area contributed by atoms with E-state index in [2.05, 4.69) is 15.5 Å². The lowest BCUT2D eigenvalue weighted by molar-refractivity contribution is 0.101. The Hall–Kier alpha value is -2.95. The van der Waals surface area contributed by atoms with E-state index in [9.17, 15) is 18.0 Å². The van der Waals surface area contributed by atoms with Crippen LogP contribution in [0.1, 0.15) is 56.4 Å². The van der Waals surface area contributed by atoms with Gasteiger partial charge in [0.2, 0.25) is 15.0 Å². The summed E-state index contributed by atoms with van der Waals surface area (Å²) in [5.41, 5.74) is 2.24. The van der Waals surface area contributed by atoms with E-state index in [0.717, 1.165) is 12.0 Å². The van der Waals surface area contributed by atoms with Crippen LogP contribution < -0.4 is 5.32 Å². The molecular formula is C23H24N4O4S2. The van der Waals surface area contributed by atoms with Crippen LogP contribution in [0.4, 0.5) is 5.69 Å². The maximum Gasteiger partial charge on any atom is 0.286 e. The summed E-state index contributed by atoms with van der Waals surface area (Å²) in [5.74, 6) is -0.590. The number of ketones is 1. The molecule has 0 radical (unpaired) electrons. The molecule has 33 heavy (non-hydrogen) atoms. The molecule has 1 saturated heterocycles. The number of Topliss-reactive ketones (excluding diaryl/α,β-unsaturated/α-hetero) is 1. The van der Waals surface area contributed by atoms with Crippen molar-refractivity contribution in [1.29, 1.82) is 0 Å². The van der Waals surface area contributed by atoms with Crippen LogP contribution in [-0.2, 0) is 10.0 Å². The van der Waals surface area contributed by atoms with Gasteiger partial charge in [-0.05, 0) is 51.0 Å². The van der Waals surface area contributed by atoms with Crippen molar-refractivity contribution in [2.45, 2.75) is 37.5 Å². The average Bonchev–Trinajstić information content (AvgIpc) is 3.31. The molecule has 1 atom stereocenters. The molecule has 1 amide bonds. The van der Waals surface area contributed by atoms with Crippen molar-refractivity contribution < 1.29 is 18.0 Å². The second kappa shape index (κ2) is 9.50. The highest BCUT2D eigenvalue weighted by Gasteiger charge is 2.33. The van der Waals surface area contributed by atoms with Crippen LogP contribution in [0.3, 0.4) is 0 Å². The molecule has 0 spiro atoms. The molecule has 1 aromatic heterocycles. The van der Waals surface area contributed by atoms with Gasteiger partial charge in [0.1, 0.15) is 5.01 Å². The molecule has 10 heteroatoms. The van der Waals surface area contributed by atoms with Gasteiger partial charge in [-0.2, -0.15) is 4.31 Å². The maximum absolute atomic E-state index is 13.1. The number of anilines is 1. The maximum atomic E-state index is 13.1. The summed E-state index contributed by atoms with van der Waals surface area (Å²) < 4.78 is 27.7. The third-order valence-corrected chi connectivity index (χ3v) is 8.54. The number of aromatic nitrogens is 2. The van der Waals surface area contributed by atoms with Gasteiger partial charge in [0, 0.05) is 30.3 Å². The van der Waals surface area contributed by atoms with Crippen LogP contribution in [0.25, 0.3) is 0 Å². The molecule has 0 saturated carbocycles. The van der Waals surface area contributed by atoms with E-state index in [1.54, 1.807) is 0 Å². The first-order valence-corrected chi connectivity index (χ1v) is 12.8. The Morgan fingerprint density at radius 1 is 1.06 bits per heavy atom. The van der Waals surface area contributed by atoms with Crippen molar-refractivity contribution >= 4 is 38.7 Å². The van der Waals surface area contributed by atoms with Gasteiger partial charge in [0.15, 0.2) is 5.78 Å². The smallest absolute Gasteiger partial charge is 0.286 e. The van der Waals surface area contributed by atoms with Crippen LogP contribution >= 0.6 is 11.3 Å². The molecular weight excluding hydrogens is 460 g/mol. The fraction of sp³-hybridized carbons (Fsp3) is 0.304. The number of rotatable bonds is 6. The summed E-state index contributed by atoms with van der Waals surface area (Å²) >= 11 is 1.19. The SMILES string of the molecule is CC(=O)c1ccc(S(=O)(=O)N2CCC[C@@H](c3nnc(C(=O)Nc4ccc(C)cc4)s3)C2)cc1. The Bertz CT molecular complexity index is 1270. The highest BCUT2D eigenvalue weighted by molar-refractivity contribution is 7.89. The predicted molar refractivity (Wildman–Crippen MR) is 126 cm³/mol. The Morgan fingerprint density at radius 3 is 2.42 bits per heavy atom.